The molecule has 0 amide bonds. The summed E-state index contributed by atoms with van der Waals surface area (Å²) in [5.41, 5.74) is 3.32. The van der Waals surface area contributed by atoms with E-state index in [2.05, 4.69) is 5.16 Å². The quantitative estimate of drug-likeness (QED) is 0.322. The number of rotatable bonds is 6. The molecule has 6 heteroatoms. The molecule has 164 valence electrons. The van der Waals surface area contributed by atoms with Gasteiger partial charge in [0.05, 0.1) is 18.1 Å². The first kappa shape index (κ1) is 20.6. The number of fused-ring (bicyclic) bond motifs is 1. The van der Waals surface area contributed by atoms with Crippen molar-refractivity contribution in [3.05, 3.63) is 101 Å². The molecule has 33 heavy (non-hydrogen) atoms. The Hall–Kier alpha value is -4.32. The Labute approximate surface area is 190 Å². The molecule has 5 aromatic rings. The zero-order valence-corrected chi connectivity index (χ0v) is 18.2. The highest BCUT2D eigenvalue weighted by molar-refractivity contribution is 5.83. The van der Waals surface area contributed by atoms with E-state index in [1.54, 1.807) is 32.2 Å². The first-order chi connectivity index (χ1) is 16.1. The van der Waals surface area contributed by atoms with Crippen LogP contribution in [0, 0.1) is 6.92 Å². The monoisotopic (exact) mass is 439 g/mol. The predicted octanol–water partition coefficient (Wildman–Crippen LogP) is 6.01. The van der Waals surface area contributed by atoms with E-state index in [4.69, 9.17) is 18.4 Å². The normalized spacial score (nSPS) is 11.0. The van der Waals surface area contributed by atoms with Crippen molar-refractivity contribution < 1.29 is 18.4 Å². The number of para-hydroxylation sites is 1. The van der Waals surface area contributed by atoms with Gasteiger partial charge >= 0.3 is 0 Å². The van der Waals surface area contributed by atoms with Gasteiger partial charge in [-0.1, -0.05) is 47.6 Å². The lowest BCUT2D eigenvalue weighted by Gasteiger charge is -2.09. The average Bonchev–Trinajstić information content (AvgIpc) is 3.32. The third kappa shape index (κ3) is 3.99. The topological polar surface area (TPSA) is 74.7 Å². The summed E-state index contributed by atoms with van der Waals surface area (Å²) in [5, 5.41) is 4.63. The van der Waals surface area contributed by atoms with Gasteiger partial charge in [-0.2, -0.15) is 0 Å². The molecule has 6 nitrogen and oxygen atoms in total. The Morgan fingerprint density at radius 1 is 0.939 bits per heavy atom. The summed E-state index contributed by atoms with van der Waals surface area (Å²) in [6.45, 7) is 1.98. The minimum Gasteiger partial charge on any atom is -0.496 e. The summed E-state index contributed by atoms with van der Waals surface area (Å²) in [6.07, 6.45) is 0. The molecule has 0 saturated carbocycles. The fourth-order valence-corrected chi connectivity index (χ4v) is 3.83. The molecule has 0 bridgehead atoms. The predicted molar refractivity (Wildman–Crippen MR) is 125 cm³/mol. The van der Waals surface area contributed by atoms with Crippen LogP contribution in [0.1, 0.15) is 11.5 Å². The number of methoxy groups -OCH3 is 1. The second-order valence-corrected chi connectivity index (χ2v) is 7.55. The van der Waals surface area contributed by atoms with E-state index >= 15 is 0 Å². The second kappa shape index (κ2) is 8.67. The van der Waals surface area contributed by atoms with Crippen molar-refractivity contribution in [2.45, 2.75) is 13.5 Å². The summed E-state index contributed by atoms with van der Waals surface area (Å²) in [7, 11) is 1.62. The molecule has 0 radical (unpaired) electrons. The highest BCUT2D eigenvalue weighted by atomic mass is 16.5. The van der Waals surface area contributed by atoms with Crippen LogP contribution in [-0.4, -0.2) is 12.3 Å². The fourth-order valence-electron chi connectivity index (χ4n) is 3.83. The van der Waals surface area contributed by atoms with Crippen molar-refractivity contribution in [1.82, 2.24) is 5.16 Å². The lowest BCUT2D eigenvalue weighted by Crippen LogP contribution is -2.07. The van der Waals surface area contributed by atoms with Crippen LogP contribution in [0.25, 0.3) is 33.4 Å². The van der Waals surface area contributed by atoms with Gasteiger partial charge < -0.3 is 18.4 Å². The summed E-state index contributed by atoms with van der Waals surface area (Å²) in [6, 6.07) is 24.1. The zero-order valence-electron chi connectivity index (χ0n) is 18.2. The van der Waals surface area contributed by atoms with Gasteiger partial charge in [0.1, 0.15) is 35.1 Å². The third-order valence-corrected chi connectivity index (χ3v) is 5.43. The summed E-state index contributed by atoms with van der Waals surface area (Å²) < 4.78 is 22.7. The van der Waals surface area contributed by atoms with Crippen molar-refractivity contribution in [2.24, 2.45) is 0 Å². The van der Waals surface area contributed by atoms with E-state index < -0.39 is 0 Å². The molecule has 2 heterocycles. The van der Waals surface area contributed by atoms with Crippen molar-refractivity contribution in [3.63, 3.8) is 0 Å². The molecule has 0 aliphatic rings. The molecular weight excluding hydrogens is 418 g/mol. The SMILES string of the molecule is COc1ccccc1-c1cc(COc2ccc3c(=O)c(-c4ccccc4)c(C)oc3c2)on1. The van der Waals surface area contributed by atoms with Gasteiger partial charge in [-0.15, -0.1) is 0 Å². The Kier molecular flexibility index (Phi) is 5.40. The first-order valence-electron chi connectivity index (χ1n) is 10.5. The lowest BCUT2D eigenvalue weighted by molar-refractivity contribution is 0.249. The van der Waals surface area contributed by atoms with Gasteiger partial charge in [-0.05, 0) is 36.8 Å². The molecule has 5 rings (SSSR count). The van der Waals surface area contributed by atoms with Gasteiger partial charge in [-0.25, -0.2) is 0 Å². The van der Waals surface area contributed by atoms with E-state index in [0.29, 0.717) is 45.2 Å². The van der Waals surface area contributed by atoms with Crippen molar-refractivity contribution in [2.75, 3.05) is 7.11 Å². The van der Waals surface area contributed by atoms with Crippen LogP contribution in [-0.2, 0) is 6.61 Å². The van der Waals surface area contributed by atoms with Crippen LogP contribution >= 0.6 is 0 Å². The van der Waals surface area contributed by atoms with Crippen LogP contribution in [0.3, 0.4) is 0 Å². The maximum atomic E-state index is 13.1. The number of aromatic nitrogens is 1. The molecule has 0 N–H and O–H groups in total. The summed E-state index contributed by atoms with van der Waals surface area (Å²) in [4.78, 5) is 13.1. The van der Waals surface area contributed by atoms with Crippen LogP contribution in [0.5, 0.6) is 11.5 Å². The van der Waals surface area contributed by atoms with Crippen LogP contribution in [0.4, 0.5) is 0 Å². The van der Waals surface area contributed by atoms with Gasteiger partial charge in [0.25, 0.3) is 0 Å². The van der Waals surface area contributed by atoms with Gasteiger partial charge in [0.2, 0.25) is 5.43 Å². The van der Waals surface area contributed by atoms with Gasteiger partial charge in [0.15, 0.2) is 5.76 Å². The number of hydrogen-bond donors (Lipinski definition) is 0. The molecule has 0 aliphatic carbocycles. The molecule has 2 aromatic heterocycles. The molecule has 0 atom stereocenters. The number of benzene rings is 3. The van der Waals surface area contributed by atoms with Gasteiger partial charge in [0, 0.05) is 17.7 Å². The first-order valence-corrected chi connectivity index (χ1v) is 10.5. The molecule has 0 spiro atoms. The largest absolute Gasteiger partial charge is 0.496 e. The highest BCUT2D eigenvalue weighted by Gasteiger charge is 2.15. The minimum atomic E-state index is -0.0665. The Morgan fingerprint density at radius 2 is 1.73 bits per heavy atom. The fraction of sp³-hybridized carbons (Fsp3) is 0.111. The van der Waals surface area contributed by atoms with E-state index in [1.807, 2.05) is 60.7 Å². The molecule has 0 fully saturated rings. The van der Waals surface area contributed by atoms with Crippen LogP contribution in [0.15, 0.2) is 92.6 Å². The van der Waals surface area contributed by atoms with Crippen LogP contribution in [0.2, 0.25) is 0 Å². The van der Waals surface area contributed by atoms with E-state index in [0.717, 1.165) is 11.1 Å². The lowest BCUT2D eigenvalue weighted by atomic mass is 10.0. The number of aryl methyl sites for hydroxylation is 1. The second-order valence-electron chi connectivity index (χ2n) is 7.55. The minimum absolute atomic E-state index is 0.0665. The molecule has 0 unspecified atom stereocenters. The van der Waals surface area contributed by atoms with Crippen molar-refractivity contribution in [3.8, 4) is 33.9 Å². The Bertz CT molecular complexity index is 1480. The van der Waals surface area contributed by atoms with E-state index in [1.165, 1.54) is 0 Å². The number of ether oxygens (including phenoxy) is 2. The molecule has 3 aromatic carbocycles. The Morgan fingerprint density at radius 3 is 2.55 bits per heavy atom. The van der Waals surface area contributed by atoms with E-state index in [-0.39, 0.29) is 12.0 Å². The molecular formula is C27H21NO5. The molecule has 0 aliphatic heterocycles. The van der Waals surface area contributed by atoms with Crippen molar-refractivity contribution in [1.29, 1.82) is 0 Å². The third-order valence-electron chi connectivity index (χ3n) is 5.43. The summed E-state index contributed by atoms with van der Waals surface area (Å²) >= 11 is 0. The average molecular weight is 439 g/mol. The maximum Gasteiger partial charge on any atom is 0.200 e. The zero-order chi connectivity index (χ0) is 22.8. The smallest absolute Gasteiger partial charge is 0.200 e. The van der Waals surface area contributed by atoms with E-state index in [9.17, 15) is 4.79 Å². The maximum absolute atomic E-state index is 13.1. The van der Waals surface area contributed by atoms with Crippen molar-refractivity contribution >= 4 is 11.0 Å². The Balaban J connectivity index is 1.39. The summed E-state index contributed by atoms with van der Waals surface area (Å²) in [5.74, 6) is 2.40. The molecule has 0 saturated heterocycles. The standard InChI is InChI=1S/C27H21NO5/c1-17-26(18-8-4-3-5-9-18)27(29)22-13-12-19(15-25(22)32-17)31-16-20-14-23(28-33-20)21-10-6-7-11-24(21)30-2/h3-15H,16H2,1-2H3. The number of hydrogen-bond acceptors (Lipinski definition) is 6. The highest BCUT2D eigenvalue weighted by Crippen LogP contribution is 2.30. The number of nitrogens with zero attached hydrogens (tertiary/aromatic N) is 1. The van der Waals surface area contributed by atoms with Gasteiger partial charge in [-0.3, -0.25) is 4.79 Å². The van der Waals surface area contributed by atoms with Crippen LogP contribution < -0.4 is 14.9 Å².